The molecule has 6 aromatic heterocycles. The Labute approximate surface area is 755 Å². The van der Waals surface area contributed by atoms with Gasteiger partial charge in [-0.1, -0.05) is 12.1 Å². The summed E-state index contributed by atoms with van der Waals surface area (Å²) in [7, 11) is 7.99. The third-order valence-electron chi connectivity index (χ3n) is 24.1. The lowest BCUT2D eigenvalue weighted by atomic mass is 9.98. The van der Waals surface area contributed by atoms with Crippen LogP contribution in [0, 0.1) is 59.5 Å². The van der Waals surface area contributed by atoms with Crippen molar-refractivity contribution in [1.29, 1.82) is 0 Å². The summed E-state index contributed by atoms with van der Waals surface area (Å²) in [5.74, 6) is 0.941. The number of nitrogens with one attached hydrogen (secondary N) is 6. The fourth-order valence-electron chi connectivity index (χ4n) is 16.8. The monoisotopic (exact) mass is 1770 g/mol. The molecule has 3 fully saturated rings. The molecule has 9 heterocycles. The minimum Gasteiger partial charge on any atom is -0.396 e. The highest BCUT2D eigenvalue weighted by Gasteiger charge is 2.24. The number of piperidine rings is 3. The van der Waals surface area contributed by atoms with E-state index in [1.54, 1.807) is 18.2 Å². The highest BCUT2D eigenvalue weighted by atomic mass is 19.2. The minimum atomic E-state index is -0.921. The standard InChI is InChI=1S/C19H19F2N3O.C19H20FN3O.C18H18FN3.C17H18FN3.C16H17N3.C15H13F2N3/c20-14-8-16(21)18-17(9-14)22-19(23-18)13-3-5-15(6-4-13)24-7-1-2-12(10-24)11-25;20-16-4-1-5-17-18(16)22-19(21-17)14-6-8-15(9-7-14)23-10-2-3-13(11-23)12-24;19-14-6-9-16-17(12-14)21-18(20-16)13-4-7-15(8-5-13)22-10-2-1-3-11-22;1-3-21(4-2)14-8-5-12(6-9-14)17-19-15-10-7-13(18)11-16(15)20-17;1-11-4-9-14-15(10-11)18-16(17-14)12-5-7-13(8-6-12)19(2)3;1-20(2)10-5-3-9(4-6-10)15-18-12-8-7-11(16)13(17)14(12)19-15/h3-6,8-9,12,25H,1-2,7,10-11H2,(H,22,23);1,4-9,13,24H,2-3,10-12H2,(H,21,22);4-9,12H,1-3,10-11H2,(H,20,21);5-11H,3-4H2,1-2H3,(H,19,20);4-10H,1-3H3,(H,17,18);3-8H,1-2H3,(H,18,19). The Morgan fingerprint density at radius 3 is 1.13 bits per heavy atom. The average molecular weight is 1770 g/mol. The van der Waals surface area contributed by atoms with Gasteiger partial charge in [0.1, 0.15) is 68.9 Å². The summed E-state index contributed by atoms with van der Waals surface area (Å²) in [6.07, 6.45) is 8.22. The molecule has 131 heavy (non-hydrogen) atoms. The van der Waals surface area contributed by atoms with Gasteiger partial charge in [0.25, 0.3) is 0 Å². The predicted molar refractivity (Wildman–Crippen MR) is 516 cm³/mol. The average Bonchev–Trinajstić information content (AvgIpc) is 1.57. The van der Waals surface area contributed by atoms with Gasteiger partial charge in [0.05, 0.1) is 49.7 Å². The molecule has 21 rings (SSSR count). The van der Waals surface area contributed by atoms with E-state index in [1.165, 1.54) is 84.4 Å². The van der Waals surface area contributed by atoms with E-state index in [0.717, 1.165) is 191 Å². The third kappa shape index (κ3) is 21.5. The van der Waals surface area contributed by atoms with Crippen molar-refractivity contribution in [3.63, 3.8) is 0 Å². The topological polar surface area (TPSA) is 232 Å². The first-order valence-corrected chi connectivity index (χ1v) is 44.4. The second-order valence-corrected chi connectivity index (χ2v) is 33.6. The van der Waals surface area contributed by atoms with Crippen LogP contribution in [-0.4, -0.2) is 164 Å². The van der Waals surface area contributed by atoms with Gasteiger partial charge in [-0.25, -0.2) is 60.6 Å². The van der Waals surface area contributed by atoms with Crippen molar-refractivity contribution in [2.24, 2.45) is 11.8 Å². The molecule has 2 unspecified atom stereocenters. The van der Waals surface area contributed by atoms with Gasteiger partial charge in [0, 0.05) is 167 Å². The van der Waals surface area contributed by atoms with Crippen LogP contribution in [0.3, 0.4) is 0 Å². The smallest absolute Gasteiger partial charge is 0.186 e. The van der Waals surface area contributed by atoms with Gasteiger partial charge in [0.15, 0.2) is 23.3 Å². The van der Waals surface area contributed by atoms with Crippen LogP contribution in [0.1, 0.15) is 64.4 Å². The van der Waals surface area contributed by atoms with E-state index in [2.05, 4.69) is 196 Å². The molecule has 3 saturated heterocycles. The maximum atomic E-state index is 13.8. The maximum absolute atomic E-state index is 13.8. The molecular weight excluding hydrogens is 1670 g/mol. The number of para-hydroxylation sites is 1. The number of aromatic amines is 6. The van der Waals surface area contributed by atoms with E-state index in [4.69, 9.17) is 0 Å². The Morgan fingerprint density at radius 2 is 0.695 bits per heavy atom. The quantitative estimate of drug-likeness (QED) is 0.0421. The van der Waals surface area contributed by atoms with Crippen molar-refractivity contribution in [1.82, 2.24) is 59.8 Å². The molecule has 18 aromatic rings. The number of benzene rings is 12. The second-order valence-electron chi connectivity index (χ2n) is 33.6. The number of hydrogen-bond acceptors (Lipinski definition) is 14. The SMILES string of the molecule is CCN(CC)c1ccc(-c2nc3ccc(F)cc3[nH]2)cc1.CN(C)c1ccc(-c2nc3c(F)c(F)ccc3[nH]2)cc1.Cc1ccc2nc(-c3ccc(N(C)C)cc3)[nH]c2c1.Fc1ccc2nc(-c3ccc(N4CCCCC4)cc3)[nH]c2c1.OCC1CCCN(c2ccc(-c3nc4c(F)cc(F)cc4[nH]3)cc2)C1.OCC1CCCN(c2ccc(-c3nc4c(F)cccc4[nH]3)cc2)C1. The number of imidazole rings is 6. The molecule has 20 nitrogen and oxygen atoms in total. The minimum absolute atomic E-state index is 0.0247. The molecule has 3 aliphatic rings. The number of anilines is 6. The zero-order valence-electron chi connectivity index (χ0n) is 74.2. The van der Waals surface area contributed by atoms with E-state index in [9.17, 15) is 40.9 Å². The summed E-state index contributed by atoms with van der Waals surface area (Å²) >= 11 is 0. The molecule has 672 valence electrons. The predicted octanol–water partition coefficient (Wildman–Crippen LogP) is 23.0. The van der Waals surface area contributed by atoms with Gasteiger partial charge in [-0.05, 0) is 308 Å². The lowest BCUT2D eigenvalue weighted by molar-refractivity contribution is 0.208. The van der Waals surface area contributed by atoms with Gasteiger partial charge in [-0.15, -0.1) is 0 Å². The van der Waals surface area contributed by atoms with Crippen LogP contribution < -0.4 is 29.4 Å². The molecule has 2 atom stereocenters. The largest absolute Gasteiger partial charge is 0.396 e. The van der Waals surface area contributed by atoms with Gasteiger partial charge in [-0.3, -0.25) is 0 Å². The van der Waals surface area contributed by atoms with Crippen molar-refractivity contribution in [3.05, 3.63) is 289 Å². The molecule has 3 aliphatic heterocycles. The van der Waals surface area contributed by atoms with Crippen LogP contribution in [0.15, 0.2) is 243 Å². The van der Waals surface area contributed by atoms with E-state index >= 15 is 0 Å². The number of halogens is 7. The summed E-state index contributed by atoms with van der Waals surface area (Å²) < 4.78 is 94.2. The van der Waals surface area contributed by atoms with E-state index in [1.807, 2.05) is 112 Å². The second kappa shape index (κ2) is 41.0. The number of aliphatic hydroxyl groups excluding tert-OH is 2. The summed E-state index contributed by atoms with van der Waals surface area (Å²) in [5.41, 5.74) is 21.1. The molecule has 12 aromatic carbocycles. The Kier molecular flexibility index (Phi) is 28.2. The van der Waals surface area contributed by atoms with Crippen molar-refractivity contribution < 1.29 is 40.9 Å². The molecule has 0 spiro atoms. The third-order valence-corrected chi connectivity index (χ3v) is 24.1. The number of H-pyrrole nitrogens is 6. The molecule has 0 bridgehead atoms. The number of hydrogen-bond donors (Lipinski definition) is 8. The van der Waals surface area contributed by atoms with Gasteiger partial charge in [0.2, 0.25) is 0 Å². The van der Waals surface area contributed by atoms with E-state index < -0.39 is 23.3 Å². The molecule has 0 saturated carbocycles. The summed E-state index contributed by atoms with van der Waals surface area (Å²) in [6, 6.07) is 73.8. The fraction of sp³-hybridized carbons (Fsp3) is 0.250. The number of nitrogens with zero attached hydrogens (tertiary/aromatic N) is 12. The Morgan fingerprint density at radius 1 is 0.328 bits per heavy atom. The van der Waals surface area contributed by atoms with Gasteiger partial charge < -0.3 is 69.5 Å². The number of aromatic nitrogens is 12. The summed E-state index contributed by atoms with van der Waals surface area (Å²) in [6.45, 7) is 14.8. The summed E-state index contributed by atoms with van der Waals surface area (Å²) in [5, 5.41) is 18.7. The van der Waals surface area contributed by atoms with E-state index in [-0.39, 0.29) is 41.7 Å². The number of fused-ring (bicyclic) bond motifs is 6. The number of aryl methyl sites for hydroxylation is 1. The van der Waals surface area contributed by atoms with E-state index in [0.29, 0.717) is 51.4 Å². The molecule has 0 radical (unpaired) electrons. The first-order valence-electron chi connectivity index (χ1n) is 44.4. The molecule has 8 N–H and O–H groups in total. The molecular formula is C104H105F7N18O2. The number of aliphatic hydroxyl groups is 2. The zero-order valence-corrected chi connectivity index (χ0v) is 74.2. The Hall–Kier alpha value is -14.3. The van der Waals surface area contributed by atoms with Crippen LogP contribution in [-0.2, 0) is 0 Å². The van der Waals surface area contributed by atoms with Crippen LogP contribution in [0.5, 0.6) is 0 Å². The van der Waals surface area contributed by atoms with Crippen molar-refractivity contribution in [3.8, 4) is 68.3 Å². The molecule has 27 heteroatoms. The first kappa shape index (κ1) is 90.1. The van der Waals surface area contributed by atoms with Crippen molar-refractivity contribution in [2.75, 3.05) is 123 Å². The van der Waals surface area contributed by atoms with Gasteiger partial charge >= 0.3 is 0 Å². The lowest BCUT2D eigenvalue weighted by Gasteiger charge is -2.33. The highest BCUT2D eigenvalue weighted by molar-refractivity contribution is 5.86. The van der Waals surface area contributed by atoms with Crippen molar-refractivity contribution in [2.45, 2.75) is 65.7 Å². The van der Waals surface area contributed by atoms with Crippen LogP contribution in [0.4, 0.5) is 64.9 Å². The Bertz CT molecular complexity index is 6860. The first-order chi connectivity index (χ1) is 63.6. The van der Waals surface area contributed by atoms with Crippen LogP contribution in [0.2, 0.25) is 0 Å². The Balaban J connectivity index is 0.000000115. The normalized spacial score (nSPS) is 14.4. The number of rotatable bonds is 16. The van der Waals surface area contributed by atoms with Crippen LogP contribution >= 0.6 is 0 Å². The zero-order chi connectivity index (χ0) is 91.3. The summed E-state index contributed by atoms with van der Waals surface area (Å²) in [4.78, 5) is 58.7. The van der Waals surface area contributed by atoms with Crippen molar-refractivity contribution >= 4 is 100 Å². The maximum Gasteiger partial charge on any atom is 0.186 e. The highest BCUT2D eigenvalue weighted by Crippen LogP contribution is 2.35. The molecule has 0 aliphatic carbocycles. The molecule has 0 amide bonds. The fourth-order valence-corrected chi connectivity index (χ4v) is 16.8. The van der Waals surface area contributed by atoms with Crippen LogP contribution in [0.25, 0.3) is 135 Å². The lowest BCUT2D eigenvalue weighted by Crippen LogP contribution is -2.36. The van der Waals surface area contributed by atoms with Gasteiger partial charge in [-0.2, -0.15) is 0 Å².